The van der Waals surface area contributed by atoms with Crippen LogP contribution in [0.25, 0.3) is 22.5 Å². The highest BCUT2D eigenvalue weighted by Gasteiger charge is 2.26. The van der Waals surface area contributed by atoms with Crippen LogP contribution in [0, 0.1) is 5.41 Å². The summed E-state index contributed by atoms with van der Waals surface area (Å²) >= 11 is 0. The van der Waals surface area contributed by atoms with Gasteiger partial charge in [0.2, 0.25) is 12.6 Å². The minimum Gasteiger partial charge on any atom is -0.427 e. The first-order valence-electron chi connectivity index (χ1n) is 13.6. The first-order valence-corrected chi connectivity index (χ1v) is 13.6. The van der Waals surface area contributed by atoms with Crippen LogP contribution in [0.2, 0.25) is 0 Å². The van der Waals surface area contributed by atoms with E-state index in [2.05, 4.69) is 27.5 Å². The van der Waals surface area contributed by atoms with Gasteiger partial charge in [-0.25, -0.2) is 9.78 Å². The van der Waals surface area contributed by atoms with E-state index in [-0.39, 0.29) is 0 Å². The van der Waals surface area contributed by atoms with Crippen molar-refractivity contribution in [2.24, 2.45) is 5.41 Å². The van der Waals surface area contributed by atoms with E-state index >= 15 is 0 Å². The Balaban J connectivity index is 1.60. The number of carbonyl (C=O) groups is 2. The molecule has 0 aliphatic carbocycles. The van der Waals surface area contributed by atoms with Crippen molar-refractivity contribution in [2.45, 2.75) is 66.8 Å². The maximum Gasteiger partial charge on any atom is 0.359 e. The summed E-state index contributed by atoms with van der Waals surface area (Å²) < 4.78 is 12.5. The molecule has 0 bridgehead atoms. The fourth-order valence-electron chi connectivity index (χ4n) is 4.32. The van der Waals surface area contributed by atoms with Crippen molar-refractivity contribution in [3.05, 3.63) is 71.3 Å². The molecule has 0 radical (unpaired) electrons. The standard InChI is InChI=1S/C30H36N6O4/c1-6-8-13-25-31-24(7-2)26(28(37)39-19-40-29(38)30(3,4)5)36(25)18-20-14-16-21(17-15-20)22-11-9-10-12-23(22)27-32-34-35-33-27/h9-12,14-17H,6-8,13,18-19H2,1-5H3,(H,32,33,34,35). The van der Waals surface area contributed by atoms with Gasteiger partial charge in [0.05, 0.1) is 11.1 Å². The number of tetrazole rings is 1. The molecule has 0 saturated heterocycles. The molecule has 0 fully saturated rings. The lowest BCUT2D eigenvalue weighted by Crippen LogP contribution is -2.25. The van der Waals surface area contributed by atoms with Gasteiger partial charge in [0.25, 0.3) is 0 Å². The fourth-order valence-corrected chi connectivity index (χ4v) is 4.32. The zero-order valence-electron chi connectivity index (χ0n) is 23.7. The van der Waals surface area contributed by atoms with Gasteiger partial charge < -0.3 is 14.0 Å². The number of imidazole rings is 1. The summed E-state index contributed by atoms with van der Waals surface area (Å²) in [5.74, 6) is 0.375. The molecule has 0 unspecified atom stereocenters. The molecule has 0 atom stereocenters. The second-order valence-electron chi connectivity index (χ2n) is 10.6. The van der Waals surface area contributed by atoms with Crippen LogP contribution in [0.3, 0.4) is 0 Å². The molecule has 2 aromatic heterocycles. The van der Waals surface area contributed by atoms with Crippen LogP contribution in [0.15, 0.2) is 48.5 Å². The van der Waals surface area contributed by atoms with Crippen molar-refractivity contribution in [2.75, 3.05) is 6.79 Å². The molecule has 210 valence electrons. The molecule has 4 aromatic rings. The maximum atomic E-state index is 13.2. The summed E-state index contributed by atoms with van der Waals surface area (Å²) in [5.41, 5.74) is 4.27. The summed E-state index contributed by atoms with van der Waals surface area (Å²) in [4.78, 5) is 30.2. The van der Waals surface area contributed by atoms with Crippen molar-refractivity contribution < 1.29 is 19.1 Å². The molecule has 10 nitrogen and oxygen atoms in total. The van der Waals surface area contributed by atoms with E-state index in [1.165, 1.54) is 0 Å². The van der Waals surface area contributed by atoms with E-state index in [4.69, 9.17) is 14.5 Å². The Labute approximate surface area is 234 Å². The largest absolute Gasteiger partial charge is 0.427 e. The number of nitrogens with one attached hydrogen (secondary N) is 1. The normalized spacial score (nSPS) is 11.4. The molecule has 40 heavy (non-hydrogen) atoms. The van der Waals surface area contributed by atoms with Crippen LogP contribution < -0.4 is 0 Å². The summed E-state index contributed by atoms with van der Waals surface area (Å²) in [5, 5.41) is 14.5. The number of nitrogens with zero attached hydrogens (tertiary/aromatic N) is 5. The molecule has 0 aliphatic heterocycles. The number of ether oxygens (including phenoxy) is 2. The average Bonchev–Trinajstić information content (AvgIpc) is 3.60. The second kappa shape index (κ2) is 12.7. The van der Waals surface area contributed by atoms with E-state index in [0.717, 1.165) is 47.3 Å². The van der Waals surface area contributed by atoms with Gasteiger partial charge in [0, 0.05) is 18.5 Å². The molecule has 0 amide bonds. The molecular formula is C30H36N6O4. The monoisotopic (exact) mass is 544 g/mol. The number of hydrogen-bond acceptors (Lipinski definition) is 8. The van der Waals surface area contributed by atoms with Crippen molar-refractivity contribution in [1.29, 1.82) is 0 Å². The Morgan fingerprint density at radius 1 is 0.975 bits per heavy atom. The molecule has 1 N–H and O–H groups in total. The van der Waals surface area contributed by atoms with Gasteiger partial charge in [-0.1, -0.05) is 68.8 Å². The van der Waals surface area contributed by atoms with Crippen molar-refractivity contribution in [3.63, 3.8) is 0 Å². The van der Waals surface area contributed by atoms with Gasteiger partial charge in [0.1, 0.15) is 5.82 Å². The van der Waals surface area contributed by atoms with Gasteiger partial charge in [0.15, 0.2) is 5.69 Å². The van der Waals surface area contributed by atoms with Crippen LogP contribution in [0.1, 0.15) is 75.0 Å². The molecule has 4 rings (SSSR count). The van der Waals surface area contributed by atoms with Crippen LogP contribution in [-0.4, -0.2) is 48.9 Å². The van der Waals surface area contributed by atoms with Crippen LogP contribution in [0.5, 0.6) is 0 Å². The Kier molecular flexibility index (Phi) is 9.08. The lowest BCUT2D eigenvalue weighted by molar-refractivity contribution is -0.161. The molecule has 2 aromatic carbocycles. The lowest BCUT2D eigenvalue weighted by atomic mass is 9.98. The minimum absolute atomic E-state index is 0.395. The number of unbranched alkanes of at least 4 members (excludes halogenated alkanes) is 1. The van der Waals surface area contributed by atoms with Crippen LogP contribution in [0.4, 0.5) is 0 Å². The Hall–Kier alpha value is -4.34. The number of benzene rings is 2. The van der Waals surface area contributed by atoms with Crippen molar-refractivity contribution in [3.8, 4) is 22.5 Å². The summed E-state index contributed by atoms with van der Waals surface area (Å²) in [6, 6.07) is 16.1. The molecular weight excluding hydrogens is 508 g/mol. The Morgan fingerprint density at radius 3 is 2.33 bits per heavy atom. The predicted octanol–water partition coefficient (Wildman–Crippen LogP) is 5.39. The lowest BCUT2D eigenvalue weighted by Gasteiger charge is -2.17. The third kappa shape index (κ3) is 6.62. The zero-order valence-corrected chi connectivity index (χ0v) is 23.7. The van der Waals surface area contributed by atoms with Gasteiger partial charge >= 0.3 is 11.9 Å². The van der Waals surface area contributed by atoms with E-state index < -0.39 is 24.1 Å². The molecule has 10 heteroatoms. The number of H-pyrrole nitrogens is 1. The van der Waals surface area contributed by atoms with Gasteiger partial charge in [-0.3, -0.25) is 4.79 Å². The third-order valence-corrected chi connectivity index (χ3v) is 6.51. The number of carbonyl (C=O) groups excluding carboxylic acids is 2. The summed E-state index contributed by atoms with van der Waals surface area (Å²) in [6.45, 7) is 9.33. The molecule has 0 aliphatic rings. The highest BCUT2D eigenvalue weighted by molar-refractivity contribution is 5.89. The zero-order chi connectivity index (χ0) is 28.7. The number of aromatic amines is 1. The Morgan fingerprint density at radius 2 is 1.70 bits per heavy atom. The van der Waals surface area contributed by atoms with E-state index in [1.807, 2.05) is 60.0 Å². The fraction of sp³-hybridized carbons (Fsp3) is 0.400. The quantitative estimate of drug-likeness (QED) is 0.197. The van der Waals surface area contributed by atoms with Gasteiger partial charge in [-0.05, 0) is 55.5 Å². The maximum absolute atomic E-state index is 13.2. The predicted molar refractivity (Wildman–Crippen MR) is 150 cm³/mol. The number of esters is 2. The van der Waals surface area contributed by atoms with Gasteiger partial charge in [-0.15, -0.1) is 10.2 Å². The SMILES string of the molecule is CCCCc1nc(CC)c(C(=O)OCOC(=O)C(C)(C)C)n1Cc1ccc(-c2ccccc2-c2nn[nH]n2)cc1. The topological polar surface area (TPSA) is 125 Å². The number of hydrogen-bond donors (Lipinski definition) is 1. The van der Waals surface area contributed by atoms with Crippen LogP contribution in [-0.2, 0) is 33.7 Å². The number of aryl methyl sites for hydroxylation is 2. The number of aromatic nitrogens is 6. The van der Waals surface area contributed by atoms with Gasteiger partial charge in [-0.2, -0.15) is 5.21 Å². The minimum atomic E-state index is -0.686. The highest BCUT2D eigenvalue weighted by atomic mass is 16.7. The number of rotatable bonds is 11. The van der Waals surface area contributed by atoms with E-state index in [1.54, 1.807) is 20.8 Å². The highest BCUT2D eigenvalue weighted by Crippen LogP contribution is 2.30. The Bertz CT molecular complexity index is 1440. The molecule has 2 heterocycles. The molecule has 0 spiro atoms. The molecule has 0 saturated carbocycles. The average molecular weight is 545 g/mol. The van der Waals surface area contributed by atoms with Crippen molar-refractivity contribution >= 4 is 11.9 Å². The van der Waals surface area contributed by atoms with E-state index in [0.29, 0.717) is 30.2 Å². The second-order valence-corrected chi connectivity index (χ2v) is 10.6. The van der Waals surface area contributed by atoms with E-state index in [9.17, 15) is 9.59 Å². The van der Waals surface area contributed by atoms with Crippen LogP contribution >= 0.6 is 0 Å². The van der Waals surface area contributed by atoms with Crippen molar-refractivity contribution in [1.82, 2.24) is 30.2 Å². The first kappa shape index (κ1) is 28.7. The summed E-state index contributed by atoms with van der Waals surface area (Å²) in [7, 11) is 0. The smallest absolute Gasteiger partial charge is 0.359 e. The third-order valence-electron chi connectivity index (χ3n) is 6.51. The summed E-state index contributed by atoms with van der Waals surface area (Å²) in [6.07, 6.45) is 3.27. The first-order chi connectivity index (χ1) is 19.2.